The van der Waals surface area contributed by atoms with Crippen molar-refractivity contribution in [2.75, 3.05) is 29.9 Å². The van der Waals surface area contributed by atoms with E-state index in [-0.39, 0.29) is 0 Å². The molecule has 0 radical (unpaired) electrons. The molecule has 0 aliphatic carbocycles. The molecule has 0 spiro atoms. The lowest BCUT2D eigenvalue weighted by atomic mass is 9.98. The molecule has 164 valence electrons. The summed E-state index contributed by atoms with van der Waals surface area (Å²) < 4.78 is 0. The Morgan fingerprint density at radius 1 is 1.06 bits per heavy atom. The standard InChI is InChI=1S/C25H29N7/c1-15-11-16(2)18(4)20(12-15)22-13-23(31-30-22)28-24-19-7-5-6-8-21(19)27-25(29-24)32-10-9-26-14-17(32)3/h5-8,11-13,17,26H,9-10,14H2,1-4H3,(H2,27,28,29,30,31)/t17-/m1/s1. The fourth-order valence-electron chi connectivity index (χ4n) is 4.39. The van der Waals surface area contributed by atoms with Gasteiger partial charge in [0, 0.05) is 42.7 Å². The van der Waals surface area contributed by atoms with E-state index in [2.05, 4.69) is 65.6 Å². The molecule has 0 saturated carbocycles. The van der Waals surface area contributed by atoms with Gasteiger partial charge in [0.1, 0.15) is 5.82 Å². The predicted molar refractivity (Wildman–Crippen MR) is 131 cm³/mol. The van der Waals surface area contributed by atoms with Crippen LogP contribution in [0.5, 0.6) is 0 Å². The van der Waals surface area contributed by atoms with Crippen LogP contribution in [0.1, 0.15) is 23.6 Å². The molecule has 1 aliphatic rings. The largest absolute Gasteiger partial charge is 0.335 e. The molecule has 1 atom stereocenters. The van der Waals surface area contributed by atoms with Crippen molar-refractivity contribution in [1.29, 1.82) is 0 Å². The Hall–Kier alpha value is -3.45. The number of aryl methyl sites for hydroxylation is 2. The van der Waals surface area contributed by atoms with Gasteiger partial charge in [0.25, 0.3) is 0 Å². The van der Waals surface area contributed by atoms with E-state index in [0.29, 0.717) is 6.04 Å². The van der Waals surface area contributed by atoms with Crippen molar-refractivity contribution in [3.8, 4) is 11.3 Å². The number of para-hydroxylation sites is 1. The van der Waals surface area contributed by atoms with Gasteiger partial charge in [-0.15, -0.1) is 0 Å². The smallest absolute Gasteiger partial charge is 0.228 e. The van der Waals surface area contributed by atoms with Crippen LogP contribution in [0, 0.1) is 20.8 Å². The van der Waals surface area contributed by atoms with E-state index < -0.39 is 0 Å². The molecular formula is C25H29N7. The van der Waals surface area contributed by atoms with Crippen molar-refractivity contribution in [3.05, 3.63) is 59.2 Å². The number of fused-ring (bicyclic) bond motifs is 1. The zero-order chi connectivity index (χ0) is 22.2. The van der Waals surface area contributed by atoms with E-state index >= 15 is 0 Å². The van der Waals surface area contributed by atoms with Crippen molar-refractivity contribution in [3.63, 3.8) is 0 Å². The predicted octanol–water partition coefficient (Wildman–Crippen LogP) is 4.49. The van der Waals surface area contributed by atoms with Gasteiger partial charge in [0.15, 0.2) is 5.82 Å². The summed E-state index contributed by atoms with van der Waals surface area (Å²) in [5.41, 5.74) is 6.86. The second kappa shape index (κ2) is 8.24. The normalized spacial score (nSPS) is 16.5. The number of aromatic amines is 1. The SMILES string of the molecule is Cc1cc(C)c(C)c(-c2cc(Nc3nc(N4CCNC[C@H]4C)nc4ccccc34)n[nH]2)c1. The van der Waals surface area contributed by atoms with Gasteiger partial charge in [-0.2, -0.15) is 10.1 Å². The van der Waals surface area contributed by atoms with Crippen molar-refractivity contribution in [2.45, 2.75) is 33.7 Å². The number of benzene rings is 2. The second-order valence-electron chi connectivity index (χ2n) is 8.68. The minimum Gasteiger partial charge on any atom is -0.335 e. The third kappa shape index (κ3) is 3.80. The Balaban J connectivity index is 1.52. The summed E-state index contributed by atoms with van der Waals surface area (Å²) in [6.07, 6.45) is 0. The van der Waals surface area contributed by atoms with Crippen LogP contribution in [0.25, 0.3) is 22.2 Å². The molecule has 7 heteroatoms. The zero-order valence-corrected chi connectivity index (χ0v) is 19.0. The van der Waals surface area contributed by atoms with Gasteiger partial charge >= 0.3 is 0 Å². The first kappa shape index (κ1) is 20.5. The maximum absolute atomic E-state index is 4.92. The molecule has 4 aromatic rings. The summed E-state index contributed by atoms with van der Waals surface area (Å²) in [5.74, 6) is 2.26. The fourth-order valence-corrected chi connectivity index (χ4v) is 4.39. The first-order valence-corrected chi connectivity index (χ1v) is 11.1. The average molecular weight is 428 g/mol. The van der Waals surface area contributed by atoms with Crippen molar-refractivity contribution in [2.24, 2.45) is 0 Å². The van der Waals surface area contributed by atoms with Gasteiger partial charge in [-0.3, -0.25) is 5.10 Å². The Morgan fingerprint density at radius 2 is 1.91 bits per heavy atom. The van der Waals surface area contributed by atoms with Gasteiger partial charge in [-0.05, 0) is 57.0 Å². The molecule has 0 unspecified atom stereocenters. The molecule has 3 heterocycles. The number of hydrogen-bond acceptors (Lipinski definition) is 6. The molecule has 0 amide bonds. The van der Waals surface area contributed by atoms with Gasteiger partial charge < -0.3 is 15.5 Å². The van der Waals surface area contributed by atoms with Crippen LogP contribution in [-0.2, 0) is 0 Å². The van der Waals surface area contributed by atoms with Crippen LogP contribution in [0.2, 0.25) is 0 Å². The molecule has 1 saturated heterocycles. The monoisotopic (exact) mass is 427 g/mol. The van der Waals surface area contributed by atoms with Gasteiger partial charge in [0.05, 0.1) is 11.2 Å². The van der Waals surface area contributed by atoms with Gasteiger partial charge in [0.2, 0.25) is 5.95 Å². The topological polar surface area (TPSA) is 81.8 Å². The third-order valence-electron chi connectivity index (χ3n) is 6.28. The van der Waals surface area contributed by atoms with E-state index in [4.69, 9.17) is 9.97 Å². The Bertz CT molecular complexity index is 1280. The number of hydrogen-bond donors (Lipinski definition) is 3. The summed E-state index contributed by atoms with van der Waals surface area (Å²) in [6, 6.07) is 14.9. The lowest BCUT2D eigenvalue weighted by Gasteiger charge is -2.34. The van der Waals surface area contributed by atoms with E-state index in [9.17, 15) is 0 Å². The van der Waals surface area contributed by atoms with Gasteiger partial charge in [-0.25, -0.2) is 4.98 Å². The second-order valence-corrected chi connectivity index (χ2v) is 8.68. The molecule has 3 N–H and O–H groups in total. The summed E-state index contributed by atoms with van der Waals surface area (Å²) in [5, 5.41) is 15.6. The molecule has 5 rings (SSSR count). The highest BCUT2D eigenvalue weighted by Gasteiger charge is 2.22. The number of H-pyrrole nitrogens is 1. The van der Waals surface area contributed by atoms with Gasteiger partial charge in [-0.1, -0.05) is 23.8 Å². The summed E-state index contributed by atoms with van der Waals surface area (Å²) in [7, 11) is 0. The van der Waals surface area contributed by atoms with E-state index in [1.165, 1.54) is 22.3 Å². The van der Waals surface area contributed by atoms with Crippen LogP contribution < -0.4 is 15.5 Å². The molecule has 0 bridgehead atoms. The maximum atomic E-state index is 4.92. The summed E-state index contributed by atoms with van der Waals surface area (Å²) in [4.78, 5) is 12.0. The van der Waals surface area contributed by atoms with E-state index in [0.717, 1.165) is 53.8 Å². The number of aromatic nitrogens is 4. The third-order valence-corrected chi connectivity index (χ3v) is 6.28. The maximum Gasteiger partial charge on any atom is 0.228 e. The van der Waals surface area contributed by atoms with Crippen molar-refractivity contribution < 1.29 is 0 Å². The highest BCUT2D eigenvalue weighted by molar-refractivity contribution is 5.91. The lowest BCUT2D eigenvalue weighted by molar-refractivity contribution is 0.493. The van der Waals surface area contributed by atoms with Crippen LogP contribution in [0.3, 0.4) is 0 Å². The Kier molecular flexibility index (Phi) is 5.27. The molecular weight excluding hydrogens is 398 g/mol. The molecule has 1 aliphatic heterocycles. The van der Waals surface area contributed by atoms with Crippen molar-refractivity contribution >= 4 is 28.5 Å². The average Bonchev–Trinajstić information content (AvgIpc) is 3.25. The fraction of sp³-hybridized carbons (Fsp3) is 0.320. The van der Waals surface area contributed by atoms with Crippen LogP contribution in [0.15, 0.2) is 42.5 Å². The Labute approximate surface area is 188 Å². The molecule has 1 fully saturated rings. The lowest BCUT2D eigenvalue weighted by Crippen LogP contribution is -2.50. The van der Waals surface area contributed by atoms with Crippen LogP contribution in [-0.4, -0.2) is 45.8 Å². The highest BCUT2D eigenvalue weighted by Crippen LogP contribution is 2.30. The number of nitrogens with one attached hydrogen (secondary N) is 3. The molecule has 7 nitrogen and oxygen atoms in total. The molecule has 2 aromatic carbocycles. The number of anilines is 3. The number of nitrogens with zero attached hydrogens (tertiary/aromatic N) is 4. The molecule has 2 aromatic heterocycles. The summed E-state index contributed by atoms with van der Waals surface area (Å²) >= 11 is 0. The van der Waals surface area contributed by atoms with Crippen LogP contribution >= 0.6 is 0 Å². The first-order chi connectivity index (χ1) is 15.5. The Morgan fingerprint density at radius 3 is 2.75 bits per heavy atom. The summed E-state index contributed by atoms with van der Waals surface area (Å²) in [6.45, 7) is 11.4. The quantitative estimate of drug-likeness (QED) is 0.445. The highest BCUT2D eigenvalue weighted by atomic mass is 15.3. The van der Waals surface area contributed by atoms with E-state index in [1.54, 1.807) is 0 Å². The molecule has 32 heavy (non-hydrogen) atoms. The van der Waals surface area contributed by atoms with Crippen LogP contribution in [0.4, 0.5) is 17.6 Å². The van der Waals surface area contributed by atoms with Crippen molar-refractivity contribution in [1.82, 2.24) is 25.5 Å². The zero-order valence-electron chi connectivity index (χ0n) is 19.0. The van der Waals surface area contributed by atoms with E-state index in [1.807, 2.05) is 30.3 Å². The minimum absolute atomic E-state index is 0.335. The number of rotatable bonds is 4. The first-order valence-electron chi connectivity index (χ1n) is 11.1. The number of piperazine rings is 1. The minimum atomic E-state index is 0.335.